The van der Waals surface area contributed by atoms with Gasteiger partial charge >= 0.3 is 5.97 Å². The largest absolute Gasteiger partial charge is 0.497 e. The van der Waals surface area contributed by atoms with Crippen molar-refractivity contribution < 1.29 is 23.8 Å². The van der Waals surface area contributed by atoms with E-state index >= 15 is 0 Å². The number of methoxy groups -OCH3 is 2. The van der Waals surface area contributed by atoms with Crippen molar-refractivity contribution in [2.24, 2.45) is 0 Å². The molecule has 5 rings (SSSR count). The summed E-state index contributed by atoms with van der Waals surface area (Å²) in [6, 6.07) is 25.1. The fourth-order valence-electron chi connectivity index (χ4n) is 5.36. The maximum Gasteiger partial charge on any atom is 0.326 e. The quantitative estimate of drug-likeness (QED) is 0.182. The van der Waals surface area contributed by atoms with Crippen LogP contribution in [0, 0.1) is 0 Å². The molecule has 0 fully saturated rings. The minimum Gasteiger partial charge on any atom is -0.497 e. The van der Waals surface area contributed by atoms with Crippen LogP contribution in [-0.4, -0.2) is 39.1 Å². The number of esters is 1. The molecule has 8 heteroatoms. The standard InChI is InChI=1S/C33H34N2O5S/c1-4-40-32(37)33(26-14-16-27(38-2)17-15-26)22-35(20-24-12-8-9-13-28(24)39-3)31-29(30(33)36)25(21-41-31)19-34-18-23-10-6-5-7-11-23/h5-17,21,34H,4,18-20,22H2,1-3H3. The number of anilines is 1. The number of para-hydroxylation sites is 1. The van der Waals surface area contributed by atoms with Gasteiger partial charge in [0.15, 0.2) is 11.2 Å². The predicted molar refractivity (Wildman–Crippen MR) is 161 cm³/mol. The molecular weight excluding hydrogens is 536 g/mol. The molecule has 0 saturated carbocycles. The van der Waals surface area contributed by atoms with E-state index in [-0.39, 0.29) is 18.9 Å². The average molecular weight is 571 g/mol. The molecule has 0 bridgehead atoms. The van der Waals surface area contributed by atoms with Gasteiger partial charge in [0, 0.05) is 31.7 Å². The lowest BCUT2D eigenvalue weighted by Gasteiger charge is -2.41. The summed E-state index contributed by atoms with van der Waals surface area (Å²) in [5, 5.41) is 6.33. The van der Waals surface area contributed by atoms with Gasteiger partial charge in [0.05, 0.1) is 26.4 Å². The summed E-state index contributed by atoms with van der Waals surface area (Å²) in [5.74, 6) is 0.591. The van der Waals surface area contributed by atoms with Crippen LogP contribution in [0.3, 0.4) is 0 Å². The van der Waals surface area contributed by atoms with Gasteiger partial charge in [0.2, 0.25) is 0 Å². The molecule has 1 unspecified atom stereocenters. The van der Waals surface area contributed by atoms with Gasteiger partial charge in [-0.2, -0.15) is 0 Å². The lowest BCUT2D eigenvalue weighted by atomic mass is 9.71. The first-order valence-corrected chi connectivity index (χ1v) is 14.5. The third-order valence-electron chi connectivity index (χ3n) is 7.43. The SMILES string of the molecule is CCOC(=O)C1(c2ccc(OC)cc2)CN(Cc2ccccc2OC)c2scc(CNCc3ccccc3)c2C1=O. The van der Waals surface area contributed by atoms with Crippen LogP contribution < -0.4 is 19.7 Å². The fraction of sp³-hybridized carbons (Fsp3) is 0.273. The molecule has 1 aromatic heterocycles. The molecule has 212 valence electrons. The van der Waals surface area contributed by atoms with Crippen molar-refractivity contribution in [1.29, 1.82) is 0 Å². The van der Waals surface area contributed by atoms with Crippen LogP contribution in [0.15, 0.2) is 84.2 Å². The van der Waals surface area contributed by atoms with Crippen molar-refractivity contribution in [3.8, 4) is 11.5 Å². The van der Waals surface area contributed by atoms with E-state index in [4.69, 9.17) is 14.2 Å². The second kappa shape index (κ2) is 12.6. The predicted octanol–water partition coefficient (Wildman–Crippen LogP) is 5.76. The molecule has 4 aromatic rings. The first-order chi connectivity index (χ1) is 20.0. The van der Waals surface area contributed by atoms with Crippen LogP contribution in [0.1, 0.15) is 39.5 Å². The van der Waals surface area contributed by atoms with Crippen LogP contribution in [0.5, 0.6) is 11.5 Å². The molecule has 1 aliphatic heterocycles. The lowest BCUT2D eigenvalue weighted by molar-refractivity contribution is -0.147. The van der Waals surface area contributed by atoms with Crippen molar-refractivity contribution in [1.82, 2.24) is 5.32 Å². The first-order valence-electron chi connectivity index (χ1n) is 13.6. The number of carbonyl (C=O) groups excluding carboxylic acids is 2. The molecule has 7 nitrogen and oxygen atoms in total. The number of rotatable bonds is 11. The van der Waals surface area contributed by atoms with E-state index in [2.05, 4.69) is 22.3 Å². The van der Waals surface area contributed by atoms with Crippen molar-refractivity contribution >= 4 is 28.1 Å². The van der Waals surface area contributed by atoms with Gasteiger partial charge in [-0.1, -0.05) is 60.7 Å². The molecule has 0 spiro atoms. The minimum absolute atomic E-state index is 0.138. The topological polar surface area (TPSA) is 77.1 Å². The normalized spacial score (nSPS) is 16.3. The van der Waals surface area contributed by atoms with Crippen LogP contribution >= 0.6 is 11.3 Å². The Morgan fingerprint density at radius 2 is 1.66 bits per heavy atom. The number of ether oxygens (including phenoxy) is 3. The highest BCUT2D eigenvalue weighted by molar-refractivity contribution is 7.15. The van der Waals surface area contributed by atoms with Crippen LogP contribution in [0.2, 0.25) is 0 Å². The number of ketones is 1. The number of nitrogens with zero attached hydrogens (tertiary/aromatic N) is 1. The summed E-state index contributed by atoms with van der Waals surface area (Å²) in [7, 11) is 3.23. The van der Waals surface area contributed by atoms with Gasteiger partial charge in [-0.3, -0.25) is 9.59 Å². The van der Waals surface area contributed by atoms with Crippen molar-refractivity contribution in [3.63, 3.8) is 0 Å². The van der Waals surface area contributed by atoms with Crippen LogP contribution in [-0.2, 0) is 34.6 Å². The summed E-state index contributed by atoms with van der Waals surface area (Å²) in [6.07, 6.45) is 0. The number of fused-ring (bicyclic) bond motifs is 1. The minimum atomic E-state index is -1.55. The molecule has 1 atom stereocenters. The fourth-order valence-corrected chi connectivity index (χ4v) is 6.44. The third-order valence-corrected chi connectivity index (χ3v) is 8.51. The summed E-state index contributed by atoms with van der Waals surface area (Å²) in [6.45, 7) is 3.66. The van der Waals surface area contributed by atoms with Crippen molar-refractivity contribution in [2.75, 3.05) is 32.3 Å². The zero-order valence-corrected chi connectivity index (χ0v) is 24.3. The molecule has 0 saturated heterocycles. The maximum atomic E-state index is 14.6. The highest BCUT2D eigenvalue weighted by atomic mass is 32.1. The molecule has 3 aromatic carbocycles. The molecule has 41 heavy (non-hydrogen) atoms. The first kappa shape index (κ1) is 28.4. The van der Waals surface area contributed by atoms with Crippen molar-refractivity contribution in [2.45, 2.75) is 32.0 Å². The maximum absolute atomic E-state index is 14.6. The average Bonchev–Trinajstić information content (AvgIpc) is 3.44. The van der Waals surface area contributed by atoms with Gasteiger partial charge < -0.3 is 24.4 Å². The number of hydrogen-bond donors (Lipinski definition) is 1. The molecule has 2 heterocycles. The summed E-state index contributed by atoms with van der Waals surface area (Å²) < 4.78 is 16.6. The summed E-state index contributed by atoms with van der Waals surface area (Å²) in [5.41, 5.74) is 2.55. The number of nitrogens with one attached hydrogen (secondary N) is 1. The van der Waals surface area contributed by atoms with E-state index in [0.717, 1.165) is 27.4 Å². The summed E-state index contributed by atoms with van der Waals surface area (Å²) >= 11 is 1.52. The Labute approximate surface area is 244 Å². The second-order valence-electron chi connectivity index (χ2n) is 9.88. The number of carbonyl (C=O) groups is 2. The van der Waals surface area contributed by atoms with E-state index in [1.807, 2.05) is 47.8 Å². The van der Waals surface area contributed by atoms with Crippen LogP contribution in [0.25, 0.3) is 0 Å². The Morgan fingerprint density at radius 1 is 0.927 bits per heavy atom. The van der Waals surface area contributed by atoms with E-state index in [1.54, 1.807) is 45.4 Å². The second-order valence-corrected chi connectivity index (χ2v) is 10.7. The third kappa shape index (κ3) is 5.58. The van der Waals surface area contributed by atoms with E-state index in [9.17, 15) is 9.59 Å². The van der Waals surface area contributed by atoms with E-state index < -0.39 is 11.4 Å². The van der Waals surface area contributed by atoms with E-state index in [1.165, 1.54) is 11.3 Å². The zero-order chi connectivity index (χ0) is 28.8. The van der Waals surface area contributed by atoms with Gasteiger partial charge in [0.1, 0.15) is 16.5 Å². The van der Waals surface area contributed by atoms with Crippen molar-refractivity contribution in [3.05, 3.63) is 112 Å². The summed E-state index contributed by atoms with van der Waals surface area (Å²) in [4.78, 5) is 30.7. The number of Topliss-reactive ketones (excluding diaryl/α,β-unsaturated/α-hetero) is 1. The molecular formula is C33H34N2O5S. The number of hydrogen-bond acceptors (Lipinski definition) is 8. The van der Waals surface area contributed by atoms with Gasteiger partial charge in [-0.15, -0.1) is 11.3 Å². The lowest BCUT2D eigenvalue weighted by Crippen LogP contribution is -2.56. The molecule has 1 aliphatic rings. The number of thiophene rings is 1. The molecule has 1 N–H and O–H groups in total. The Bertz CT molecular complexity index is 1500. The molecule has 0 aliphatic carbocycles. The molecule has 0 amide bonds. The Kier molecular flexibility index (Phi) is 8.71. The molecule has 0 radical (unpaired) electrons. The Morgan fingerprint density at radius 3 is 2.37 bits per heavy atom. The highest BCUT2D eigenvalue weighted by Crippen LogP contribution is 2.46. The van der Waals surface area contributed by atoms with Crippen LogP contribution in [0.4, 0.5) is 5.00 Å². The number of benzene rings is 3. The van der Waals surface area contributed by atoms with Gasteiger partial charge in [-0.05, 0) is 47.2 Å². The Balaban J connectivity index is 1.60. The van der Waals surface area contributed by atoms with Gasteiger partial charge in [-0.25, -0.2) is 0 Å². The zero-order valence-electron chi connectivity index (χ0n) is 23.5. The highest BCUT2D eigenvalue weighted by Gasteiger charge is 2.55. The smallest absolute Gasteiger partial charge is 0.326 e. The van der Waals surface area contributed by atoms with Gasteiger partial charge in [0.25, 0.3) is 0 Å². The monoisotopic (exact) mass is 570 g/mol. The van der Waals surface area contributed by atoms with E-state index in [0.29, 0.717) is 36.5 Å². The Hall–Kier alpha value is -4.14.